The van der Waals surface area contributed by atoms with Crippen LogP contribution in [0.3, 0.4) is 0 Å². The maximum Gasteiger partial charge on any atom is 0.233 e. The molecule has 1 atom stereocenters. The zero-order valence-electron chi connectivity index (χ0n) is 13.1. The molecule has 1 aromatic heterocycles. The van der Waals surface area contributed by atoms with Gasteiger partial charge in [0.1, 0.15) is 5.92 Å². The van der Waals surface area contributed by atoms with E-state index in [1.807, 2.05) is 18.2 Å². The molecule has 1 heterocycles. The van der Waals surface area contributed by atoms with Gasteiger partial charge in [0.2, 0.25) is 5.91 Å². The lowest BCUT2D eigenvalue weighted by Crippen LogP contribution is -2.32. The van der Waals surface area contributed by atoms with Gasteiger partial charge in [-0.15, -0.1) is 0 Å². The van der Waals surface area contributed by atoms with Crippen LogP contribution < -0.4 is 5.32 Å². The summed E-state index contributed by atoms with van der Waals surface area (Å²) in [5.41, 5.74) is 3.09. The van der Waals surface area contributed by atoms with Gasteiger partial charge in [0.05, 0.1) is 5.69 Å². The molecular formula is C19H22N2O. The Hall–Kier alpha value is -2.16. The van der Waals surface area contributed by atoms with Crippen LogP contribution in [-0.4, -0.2) is 16.9 Å². The number of pyridine rings is 1. The van der Waals surface area contributed by atoms with E-state index in [0.717, 1.165) is 24.1 Å². The molecule has 3 rings (SSSR count). The third kappa shape index (κ3) is 3.35. The smallest absolute Gasteiger partial charge is 0.233 e. The first-order chi connectivity index (χ1) is 10.6. The Morgan fingerprint density at radius 3 is 2.32 bits per heavy atom. The second-order valence-electron chi connectivity index (χ2n) is 6.29. The summed E-state index contributed by atoms with van der Waals surface area (Å²) in [6, 6.07) is 14.4. The van der Waals surface area contributed by atoms with Crippen molar-refractivity contribution in [2.24, 2.45) is 0 Å². The lowest BCUT2D eigenvalue weighted by Gasteiger charge is -2.17. The van der Waals surface area contributed by atoms with Crippen molar-refractivity contribution in [3.63, 3.8) is 0 Å². The van der Waals surface area contributed by atoms with E-state index in [2.05, 4.69) is 48.4 Å². The number of amides is 1. The van der Waals surface area contributed by atoms with Crippen molar-refractivity contribution >= 4 is 5.91 Å². The van der Waals surface area contributed by atoms with Gasteiger partial charge in [-0.2, -0.15) is 0 Å². The van der Waals surface area contributed by atoms with Crippen LogP contribution in [0.2, 0.25) is 0 Å². The van der Waals surface area contributed by atoms with E-state index in [1.165, 1.54) is 5.56 Å². The van der Waals surface area contributed by atoms with E-state index in [0.29, 0.717) is 12.0 Å². The second-order valence-corrected chi connectivity index (χ2v) is 6.29. The van der Waals surface area contributed by atoms with E-state index < -0.39 is 0 Å². The lowest BCUT2D eigenvalue weighted by atomic mass is 9.91. The molecule has 0 spiro atoms. The van der Waals surface area contributed by atoms with Gasteiger partial charge in [0.25, 0.3) is 0 Å². The molecule has 1 saturated carbocycles. The molecule has 3 heteroatoms. The van der Waals surface area contributed by atoms with Crippen molar-refractivity contribution in [2.75, 3.05) is 0 Å². The summed E-state index contributed by atoms with van der Waals surface area (Å²) in [7, 11) is 0. The zero-order chi connectivity index (χ0) is 15.5. The fourth-order valence-corrected chi connectivity index (χ4v) is 2.59. The van der Waals surface area contributed by atoms with Crippen LogP contribution in [0.5, 0.6) is 0 Å². The highest BCUT2D eigenvalue weighted by atomic mass is 16.2. The molecule has 1 aliphatic rings. The molecule has 1 aromatic carbocycles. The van der Waals surface area contributed by atoms with Gasteiger partial charge >= 0.3 is 0 Å². The molecule has 0 radical (unpaired) electrons. The van der Waals surface area contributed by atoms with Gasteiger partial charge in [-0.3, -0.25) is 9.78 Å². The molecule has 114 valence electrons. The Bertz CT molecular complexity index is 630. The van der Waals surface area contributed by atoms with Gasteiger partial charge in [-0.05, 0) is 42.0 Å². The Balaban J connectivity index is 1.91. The first-order valence-corrected chi connectivity index (χ1v) is 7.96. The van der Waals surface area contributed by atoms with E-state index in [4.69, 9.17) is 0 Å². The average molecular weight is 294 g/mol. The minimum Gasteiger partial charge on any atom is -0.352 e. The van der Waals surface area contributed by atoms with E-state index >= 15 is 0 Å². The van der Waals surface area contributed by atoms with Crippen molar-refractivity contribution in [3.8, 4) is 0 Å². The average Bonchev–Trinajstić information content (AvgIpc) is 3.33. The second kappa shape index (κ2) is 6.30. The predicted octanol–water partition coefficient (Wildman–Crippen LogP) is 3.62. The van der Waals surface area contributed by atoms with Crippen LogP contribution in [0.4, 0.5) is 0 Å². The Labute approximate surface area is 131 Å². The zero-order valence-corrected chi connectivity index (χ0v) is 13.1. The highest BCUT2D eigenvalue weighted by Gasteiger charge is 2.30. The highest BCUT2D eigenvalue weighted by Crippen LogP contribution is 2.27. The van der Waals surface area contributed by atoms with E-state index in [9.17, 15) is 4.79 Å². The first kappa shape index (κ1) is 14.8. The Morgan fingerprint density at radius 1 is 1.09 bits per heavy atom. The Morgan fingerprint density at radius 2 is 1.77 bits per heavy atom. The fraction of sp³-hybridized carbons (Fsp3) is 0.368. The molecule has 22 heavy (non-hydrogen) atoms. The number of carbonyl (C=O) groups excluding carboxylic acids is 1. The van der Waals surface area contributed by atoms with Crippen LogP contribution in [0.25, 0.3) is 0 Å². The molecule has 1 aliphatic carbocycles. The summed E-state index contributed by atoms with van der Waals surface area (Å²) in [5.74, 6) is 0.212. The van der Waals surface area contributed by atoms with Crippen LogP contribution in [0.1, 0.15) is 55.3 Å². The molecule has 1 unspecified atom stereocenters. The molecule has 2 aromatic rings. The van der Waals surface area contributed by atoms with Gasteiger partial charge in [-0.25, -0.2) is 0 Å². The molecule has 1 fully saturated rings. The van der Waals surface area contributed by atoms with Crippen molar-refractivity contribution in [3.05, 3.63) is 65.5 Å². The van der Waals surface area contributed by atoms with Crippen LogP contribution in [-0.2, 0) is 4.79 Å². The standard InChI is InChI=1S/C19H22N2O/c1-13(2)14-6-8-15(9-7-14)18(17-5-3-4-12-20-17)19(22)21-16-10-11-16/h3-9,12-13,16,18H,10-11H2,1-2H3,(H,21,22). The van der Waals surface area contributed by atoms with Crippen molar-refractivity contribution in [2.45, 2.75) is 44.6 Å². The molecule has 0 saturated heterocycles. The van der Waals surface area contributed by atoms with Crippen molar-refractivity contribution in [1.29, 1.82) is 0 Å². The van der Waals surface area contributed by atoms with Crippen LogP contribution in [0, 0.1) is 0 Å². The SMILES string of the molecule is CC(C)c1ccc(C(C(=O)NC2CC2)c2ccccn2)cc1. The number of benzene rings is 1. The topological polar surface area (TPSA) is 42.0 Å². The summed E-state index contributed by atoms with van der Waals surface area (Å²) in [5, 5.41) is 3.11. The van der Waals surface area contributed by atoms with Crippen LogP contribution in [0.15, 0.2) is 48.7 Å². The summed E-state index contributed by atoms with van der Waals surface area (Å²) in [6.07, 6.45) is 3.93. The summed E-state index contributed by atoms with van der Waals surface area (Å²) < 4.78 is 0. The van der Waals surface area contributed by atoms with Gasteiger partial charge in [0.15, 0.2) is 0 Å². The number of rotatable bonds is 5. The van der Waals surface area contributed by atoms with E-state index in [1.54, 1.807) is 6.20 Å². The third-order valence-electron chi connectivity index (χ3n) is 4.11. The largest absolute Gasteiger partial charge is 0.352 e. The molecule has 1 amide bonds. The highest BCUT2D eigenvalue weighted by molar-refractivity contribution is 5.87. The molecule has 1 N–H and O–H groups in total. The maximum absolute atomic E-state index is 12.7. The van der Waals surface area contributed by atoms with Crippen molar-refractivity contribution in [1.82, 2.24) is 10.3 Å². The van der Waals surface area contributed by atoms with Crippen LogP contribution >= 0.6 is 0 Å². The first-order valence-electron chi connectivity index (χ1n) is 7.96. The predicted molar refractivity (Wildman–Crippen MR) is 87.8 cm³/mol. The molecule has 3 nitrogen and oxygen atoms in total. The number of carbonyl (C=O) groups is 1. The molecule has 0 aliphatic heterocycles. The Kier molecular flexibility index (Phi) is 4.23. The maximum atomic E-state index is 12.7. The number of nitrogens with one attached hydrogen (secondary N) is 1. The monoisotopic (exact) mass is 294 g/mol. The number of aromatic nitrogens is 1. The van der Waals surface area contributed by atoms with Gasteiger partial charge in [-0.1, -0.05) is 44.2 Å². The molecule has 0 bridgehead atoms. The fourth-order valence-electron chi connectivity index (χ4n) is 2.59. The summed E-state index contributed by atoms with van der Waals surface area (Å²) in [4.78, 5) is 17.1. The number of hydrogen-bond donors (Lipinski definition) is 1. The van der Waals surface area contributed by atoms with Gasteiger partial charge in [0, 0.05) is 12.2 Å². The molecular weight excluding hydrogens is 272 g/mol. The number of nitrogens with zero attached hydrogens (tertiary/aromatic N) is 1. The summed E-state index contributed by atoms with van der Waals surface area (Å²) in [6.45, 7) is 4.34. The quantitative estimate of drug-likeness (QED) is 0.915. The lowest BCUT2D eigenvalue weighted by molar-refractivity contribution is -0.121. The normalized spacial score (nSPS) is 15.6. The number of hydrogen-bond acceptors (Lipinski definition) is 2. The van der Waals surface area contributed by atoms with E-state index in [-0.39, 0.29) is 11.8 Å². The third-order valence-corrected chi connectivity index (χ3v) is 4.11. The van der Waals surface area contributed by atoms with Gasteiger partial charge < -0.3 is 5.32 Å². The summed E-state index contributed by atoms with van der Waals surface area (Å²) >= 11 is 0. The minimum atomic E-state index is -0.331. The minimum absolute atomic E-state index is 0.0542. The van der Waals surface area contributed by atoms with Crippen molar-refractivity contribution < 1.29 is 4.79 Å².